The number of amides is 1. The Balaban J connectivity index is 3.98. The predicted molar refractivity (Wildman–Crippen MR) is 39.1 cm³/mol. The molecule has 6 nitrogen and oxygen atoms in total. The average Bonchev–Trinajstić information content (AvgIpc) is 2.00. The molecule has 0 aromatic heterocycles. The van der Waals surface area contributed by atoms with Gasteiger partial charge in [0.15, 0.2) is 0 Å². The van der Waals surface area contributed by atoms with Crippen molar-refractivity contribution in [2.45, 2.75) is 13.3 Å². The summed E-state index contributed by atoms with van der Waals surface area (Å²) in [6, 6.07) is 1.59. The number of aliphatic carboxylic acids is 1. The van der Waals surface area contributed by atoms with E-state index < -0.39 is 11.9 Å². The molecule has 0 saturated carbocycles. The van der Waals surface area contributed by atoms with Crippen molar-refractivity contribution in [2.75, 3.05) is 0 Å². The molecule has 0 radical (unpaired) electrons. The Labute approximate surface area is 68.5 Å². The summed E-state index contributed by atoms with van der Waals surface area (Å²) in [4.78, 5) is 20.7. The summed E-state index contributed by atoms with van der Waals surface area (Å²) < 4.78 is 0. The maximum absolute atomic E-state index is 10.5. The van der Waals surface area contributed by atoms with Crippen LogP contribution in [0.25, 0.3) is 0 Å². The largest absolute Gasteiger partial charge is 0.477 e. The van der Waals surface area contributed by atoms with E-state index >= 15 is 0 Å². The van der Waals surface area contributed by atoms with Crippen LogP contribution in [0.4, 0.5) is 0 Å². The smallest absolute Gasteiger partial charge is 0.351 e. The molecule has 0 rings (SSSR count). The van der Waals surface area contributed by atoms with Gasteiger partial charge in [-0.25, -0.2) is 10.2 Å². The Bertz CT molecular complexity index is 264. The zero-order valence-electron chi connectivity index (χ0n) is 6.37. The number of carbonyl (C=O) groups is 2. The first-order valence-corrected chi connectivity index (χ1v) is 3.01. The van der Waals surface area contributed by atoms with E-state index in [-0.39, 0.29) is 12.1 Å². The van der Waals surface area contributed by atoms with Crippen LogP contribution in [0, 0.1) is 11.3 Å². The van der Waals surface area contributed by atoms with Crippen molar-refractivity contribution in [3.05, 3.63) is 0 Å². The van der Waals surface area contributed by atoms with E-state index in [1.807, 2.05) is 5.43 Å². The molecule has 0 spiro atoms. The Kier molecular flexibility index (Phi) is 4.08. The number of hydrazone groups is 1. The first-order valence-electron chi connectivity index (χ1n) is 3.01. The molecule has 0 aliphatic rings. The number of nitrogens with one attached hydrogen (secondary N) is 1. The summed E-state index contributed by atoms with van der Waals surface area (Å²) in [5, 5.41) is 19.5. The molecule has 0 aromatic rings. The van der Waals surface area contributed by atoms with E-state index in [0.29, 0.717) is 0 Å². The summed E-state index contributed by atoms with van der Waals surface area (Å²) in [6.07, 6.45) is -0.337. The summed E-state index contributed by atoms with van der Waals surface area (Å²) in [5.41, 5.74) is 1.68. The van der Waals surface area contributed by atoms with Crippen molar-refractivity contribution in [1.82, 2.24) is 5.43 Å². The van der Waals surface area contributed by atoms with Crippen LogP contribution in [0.3, 0.4) is 0 Å². The van der Waals surface area contributed by atoms with Crippen LogP contribution in [0.1, 0.15) is 13.3 Å². The van der Waals surface area contributed by atoms with Gasteiger partial charge in [-0.15, -0.1) is 0 Å². The molecule has 0 atom stereocenters. The summed E-state index contributed by atoms with van der Waals surface area (Å²) >= 11 is 0. The number of nitriles is 1. The lowest BCUT2D eigenvalue weighted by molar-refractivity contribution is -0.129. The lowest BCUT2D eigenvalue weighted by Crippen LogP contribution is -2.20. The minimum atomic E-state index is -1.22. The number of hydrogen-bond donors (Lipinski definition) is 2. The first kappa shape index (κ1) is 10.1. The van der Waals surface area contributed by atoms with Gasteiger partial charge >= 0.3 is 5.97 Å². The van der Waals surface area contributed by atoms with E-state index in [1.165, 1.54) is 6.92 Å². The normalized spacial score (nSPS) is 10.2. The highest BCUT2D eigenvalue weighted by molar-refractivity contribution is 6.34. The maximum atomic E-state index is 10.5. The Morgan fingerprint density at radius 1 is 1.67 bits per heavy atom. The Morgan fingerprint density at radius 2 is 2.25 bits per heavy atom. The standard InChI is InChI=1S/C6H7N3O3/c1-4(6(11)12)8-9-5(10)2-3-7/h2H2,1H3,(H,9,10)(H,11,12)/b8-4+. The van der Waals surface area contributed by atoms with Gasteiger partial charge in [0.1, 0.15) is 12.1 Å². The van der Waals surface area contributed by atoms with Crippen molar-refractivity contribution in [3.63, 3.8) is 0 Å². The molecule has 12 heavy (non-hydrogen) atoms. The number of carboxylic acid groups (broad SMARTS) is 1. The molecule has 0 saturated heterocycles. The molecule has 1 amide bonds. The zero-order valence-corrected chi connectivity index (χ0v) is 6.37. The molecule has 0 aliphatic heterocycles. The average molecular weight is 169 g/mol. The number of nitrogens with zero attached hydrogens (tertiary/aromatic N) is 2. The first-order chi connectivity index (χ1) is 5.57. The molecule has 0 bridgehead atoms. The van der Waals surface area contributed by atoms with Crippen molar-refractivity contribution in [2.24, 2.45) is 5.10 Å². The van der Waals surface area contributed by atoms with Crippen LogP contribution in [-0.4, -0.2) is 22.7 Å². The molecule has 0 aliphatic carbocycles. The highest BCUT2D eigenvalue weighted by Gasteiger charge is 2.02. The van der Waals surface area contributed by atoms with Crippen LogP contribution >= 0.6 is 0 Å². The highest BCUT2D eigenvalue weighted by atomic mass is 16.4. The highest BCUT2D eigenvalue weighted by Crippen LogP contribution is 1.78. The molecule has 0 unspecified atom stereocenters. The van der Waals surface area contributed by atoms with Gasteiger partial charge in [0.05, 0.1) is 6.07 Å². The Hall–Kier alpha value is -1.90. The topological polar surface area (TPSA) is 103 Å². The van der Waals surface area contributed by atoms with Crippen LogP contribution in [0.5, 0.6) is 0 Å². The summed E-state index contributed by atoms with van der Waals surface area (Å²) in [5.74, 6) is -1.84. The van der Waals surface area contributed by atoms with Crippen LogP contribution in [0.2, 0.25) is 0 Å². The monoisotopic (exact) mass is 169 g/mol. The van der Waals surface area contributed by atoms with Crippen molar-refractivity contribution in [3.8, 4) is 6.07 Å². The van der Waals surface area contributed by atoms with E-state index in [4.69, 9.17) is 10.4 Å². The molecule has 0 aromatic carbocycles. The fourth-order valence-corrected chi connectivity index (χ4v) is 0.305. The van der Waals surface area contributed by atoms with Gasteiger partial charge < -0.3 is 5.11 Å². The molecule has 2 N–H and O–H groups in total. The van der Waals surface area contributed by atoms with Crippen LogP contribution < -0.4 is 5.43 Å². The third kappa shape index (κ3) is 4.00. The minimum absolute atomic E-state index is 0.235. The molecule has 0 heterocycles. The second-order valence-electron chi connectivity index (χ2n) is 1.87. The van der Waals surface area contributed by atoms with Crippen molar-refractivity contribution in [1.29, 1.82) is 5.26 Å². The zero-order chi connectivity index (χ0) is 9.56. The molecular weight excluding hydrogens is 162 g/mol. The number of carboxylic acids is 1. The fraction of sp³-hybridized carbons (Fsp3) is 0.333. The summed E-state index contributed by atoms with van der Waals surface area (Å²) in [7, 11) is 0. The quantitative estimate of drug-likeness (QED) is 0.438. The molecule has 0 fully saturated rings. The van der Waals surface area contributed by atoms with Gasteiger partial charge in [-0.2, -0.15) is 10.4 Å². The lowest BCUT2D eigenvalue weighted by Gasteiger charge is -1.94. The third-order valence-corrected chi connectivity index (χ3v) is 0.897. The molecule has 6 heteroatoms. The predicted octanol–water partition coefficient (Wildman–Crippen LogP) is -0.523. The minimum Gasteiger partial charge on any atom is -0.477 e. The van der Waals surface area contributed by atoms with Gasteiger partial charge in [-0.1, -0.05) is 0 Å². The second-order valence-corrected chi connectivity index (χ2v) is 1.87. The van der Waals surface area contributed by atoms with E-state index in [2.05, 4.69) is 5.10 Å². The number of hydrogen-bond acceptors (Lipinski definition) is 4. The van der Waals surface area contributed by atoms with Crippen LogP contribution in [-0.2, 0) is 9.59 Å². The SMILES string of the molecule is C/C(=N\NC(=O)CC#N)C(=O)O. The molecule has 64 valence electrons. The maximum Gasteiger partial charge on any atom is 0.351 e. The lowest BCUT2D eigenvalue weighted by atomic mass is 10.4. The molecular formula is C6H7N3O3. The van der Waals surface area contributed by atoms with E-state index in [0.717, 1.165) is 0 Å². The number of rotatable bonds is 3. The Morgan fingerprint density at radius 3 is 2.67 bits per heavy atom. The number of carbonyl (C=O) groups excluding carboxylic acids is 1. The fourth-order valence-electron chi connectivity index (χ4n) is 0.305. The van der Waals surface area contributed by atoms with E-state index in [1.54, 1.807) is 6.07 Å². The van der Waals surface area contributed by atoms with Crippen LogP contribution in [0.15, 0.2) is 5.10 Å². The second kappa shape index (κ2) is 4.85. The van der Waals surface area contributed by atoms with Crippen molar-refractivity contribution >= 4 is 17.6 Å². The van der Waals surface area contributed by atoms with Gasteiger partial charge in [0.25, 0.3) is 5.91 Å². The third-order valence-electron chi connectivity index (χ3n) is 0.897. The van der Waals surface area contributed by atoms with Gasteiger partial charge in [0, 0.05) is 0 Å². The van der Waals surface area contributed by atoms with E-state index in [9.17, 15) is 9.59 Å². The van der Waals surface area contributed by atoms with Crippen molar-refractivity contribution < 1.29 is 14.7 Å². The summed E-state index contributed by atoms with van der Waals surface area (Å²) in [6.45, 7) is 1.23. The van der Waals surface area contributed by atoms with Gasteiger partial charge in [-0.05, 0) is 6.92 Å². The van der Waals surface area contributed by atoms with Gasteiger partial charge in [-0.3, -0.25) is 4.79 Å². The van der Waals surface area contributed by atoms with Gasteiger partial charge in [0.2, 0.25) is 0 Å².